The van der Waals surface area contributed by atoms with E-state index in [4.69, 9.17) is 4.42 Å². The van der Waals surface area contributed by atoms with E-state index in [1.165, 1.54) is 78.0 Å². The van der Waals surface area contributed by atoms with Crippen LogP contribution in [0.15, 0.2) is 138 Å². The first-order chi connectivity index (χ1) is 29.7. The van der Waals surface area contributed by atoms with Crippen LogP contribution in [0.5, 0.6) is 0 Å². The predicted octanol–water partition coefficient (Wildman–Crippen LogP) is 14.8. The Bertz CT molecular complexity index is 3100. The average molecular weight is 825 g/mol. The number of nitrogens with zero attached hydrogens (tertiary/aromatic N) is 2. The highest BCUT2D eigenvalue weighted by molar-refractivity contribution is 7.00. The molecular weight excluding hydrogens is 763 g/mol. The van der Waals surface area contributed by atoms with Crippen LogP contribution in [-0.2, 0) is 21.7 Å². The van der Waals surface area contributed by atoms with E-state index in [0.29, 0.717) is 0 Å². The standard InChI is InChI=1S/C59H61BN2O/c1-36-32-51-53-52(33-36)62(42-28-22-38(23-29-42)56(2,3)4)50-35-40(58(8,9)10)24-30-47(50)60(53)48-34-39(57(5,6)7)25-31-49(48)61(51)41-26-20-37(21-27-41)43-16-14-17-44-45-18-15-19-46(59(11,12)13)55(45)63-54(43)44/h14-35H,1-13H3. The zero-order valence-electron chi connectivity index (χ0n) is 39.6. The third-order valence-electron chi connectivity index (χ3n) is 13.7. The fourth-order valence-electron chi connectivity index (χ4n) is 10.2. The van der Waals surface area contributed by atoms with Crippen LogP contribution in [0.3, 0.4) is 0 Å². The van der Waals surface area contributed by atoms with Crippen LogP contribution in [0.25, 0.3) is 33.1 Å². The molecule has 0 N–H and O–H groups in total. The zero-order valence-corrected chi connectivity index (χ0v) is 39.6. The van der Waals surface area contributed by atoms with Gasteiger partial charge >= 0.3 is 0 Å². The van der Waals surface area contributed by atoms with Gasteiger partial charge in [0.15, 0.2) is 0 Å². The Morgan fingerprint density at radius 1 is 0.429 bits per heavy atom. The summed E-state index contributed by atoms with van der Waals surface area (Å²) in [6.07, 6.45) is 0. The summed E-state index contributed by atoms with van der Waals surface area (Å²) in [5.41, 5.74) is 22.0. The first-order valence-electron chi connectivity index (χ1n) is 22.9. The Morgan fingerprint density at radius 2 is 0.952 bits per heavy atom. The second-order valence-corrected chi connectivity index (χ2v) is 22.4. The molecule has 2 aliphatic rings. The highest BCUT2D eigenvalue weighted by atomic mass is 16.3. The van der Waals surface area contributed by atoms with Gasteiger partial charge in [0, 0.05) is 56.0 Å². The molecule has 0 saturated heterocycles. The molecule has 0 spiro atoms. The van der Waals surface area contributed by atoms with Crippen molar-refractivity contribution in [1.82, 2.24) is 0 Å². The maximum atomic E-state index is 6.84. The molecule has 4 heteroatoms. The Labute approximate surface area is 375 Å². The Hall–Kier alpha value is -6.00. The first kappa shape index (κ1) is 41.0. The van der Waals surface area contributed by atoms with E-state index in [9.17, 15) is 0 Å². The van der Waals surface area contributed by atoms with Crippen molar-refractivity contribution in [3.8, 4) is 11.1 Å². The number of rotatable bonds is 3. The van der Waals surface area contributed by atoms with Gasteiger partial charge in [-0.25, -0.2) is 0 Å². The lowest BCUT2D eigenvalue weighted by Gasteiger charge is -2.45. The van der Waals surface area contributed by atoms with Gasteiger partial charge in [-0.1, -0.05) is 168 Å². The van der Waals surface area contributed by atoms with Gasteiger partial charge in [-0.3, -0.25) is 0 Å². The van der Waals surface area contributed by atoms with Gasteiger partial charge < -0.3 is 14.2 Å². The predicted molar refractivity (Wildman–Crippen MR) is 273 cm³/mol. The van der Waals surface area contributed by atoms with Crippen LogP contribution in [0, 0.1) is 6.92 Å². The SMILES string of the molecule is Cc1cc2c3c(c1)N(c1ccc(C(C)(C)C)cc1)c1cc(C(C)(C)C)ccc1B3c1cc(C(C)(C)C)ccc1N2c1ccc(-c2cccc3c2oc2c(C(C)(C)C)cccc23)cc1. The molecule has 0 amide bonds. The third kappa shape index (κ3) is 6.71. The third-order valence-corrected chi connectivity index (χ3v) is 13.7. The molecule has 63 heavy (non-hydrogen) atoms. The average Bonchev–Trinajstić information content (AvgIpc) is 3.61. The molecule has 0 unspecified atom stereocenters. The number of hydrogen-bond donors (Lipinski definition) is 0. The molecule has 316 valence electrons. The number of furan rings is 1. The zero-order chi connectivity index (χ0) is 44.5. The number of anilines is 6. The Morgan fingerprint density at radius 3 is 1.56 bits per heavy atom. The van der Waals surface area contributed by atoms with E-state index in [-0.39, 0.29) is 28.4 Å². The molecule has 0 radical (unpaired) electrons. The van der Waals surface area contributed by atoms with Gasteiger partial charge in [-0.15, -0.1) is 0 Å². The molecule has 7 aromatic carbocycles. The number of para-hydroxylation sites is 2. The van der Waals surface area contributed by atoms with E-state index >= 15 is 0 Å². The highest BCUT2D eigenvalue weighted by Crippen LogP contribution is 2.47. The monoisotopic (exact) mass is 824 g/mol. The fourth-order valence-corrected chi connectivity index (χ4v) is 10.2. The van der Waals surface area contributed by atoms with Gasteiger partial charge in [0.2, 0.25) is 0 Å². The first-order valence-corrected chi connectivity index (χ1v) is 22.9. The van der Waals surface area contributed by atoms with Gasteiger partial charge in [-0.05, 0) is 121 Å². The Kier molecular flexibility index (Phi) is 9.12. The van der Waals surface area contributed by atoms with E-state index in [2.05, 4.69) is 233 Å². The summed E-state index contributed by atoms with van der Waals surface area (Å²) in [6, 6.07) is 51.0. The smallest absolute Gasteiger partial charge is 0.252 e. The number of fused-ring (bicyclic) bond motifs is 7. The van der Waals surface area contributed by atoms with Crippen molar-refractivity contribution in [1.29, 1.82) is 0 Å². The molecule has 0 saturated carbocycles. The second kappa shape index (κ2) is 14.0. The molecule has 3 nitrogen and oxygen atoms in total. The maximum absolute atomic E-state index is 6.84. The lowest BCUT2D eigenvalue weighted by atomic mass is 9.33. The van der Waals surface area contributed by atoms with Crippen LogP contribution in [0.4, 0.5) is 34.1 Å². The molecule has 8 aromatic rings. The quantitative estimate of drug-likeness (QED) is 0.166. The molecule has 0 aliphatic carbocycles. The normalized spacial score (nSPS) is 14.0. The van der Waals surface area contributed by atoms with Crippen molar-refractivity contribution in [2.45, 2.75) is 112 Å². The molecule has 10 rings (SSSR count). The minimum atomic E-state index is -0.0348. The van der Waals surface area contributed by atoms with E-state index in [1.54, 1.807) is 0 Å². The Balaban J connectivity index is 1.19. The maximum Gasteiger partial charge on any atom is 0.252 e. The van der Waals surface area contributed by atoms with Crippen molar-refractivity contribution < 1.29 is 4.42 Å². The summed E-state index contributed by atoms with van der Waals surface area (Å²) >= 11 is 0. The van der Waals surface area contributed by atoms with Crippen LogP contribution >= 0.6 is 0 Å². The lowest BCUT2D eigenvalue weighted by Crippen LogP contribution is -2.61. The van der Waals surface area contributed by atoms with Gasteiger partial charge in [0.1, 0.15) is 11.2 Å². The van der Waals surface area contributed by atoms with E-state index in [0.717, 1.165) is 33.4 Å². The van der Waals surface area contributed by atoms with Crippen LogP contribution in [-0.4, -0.2) is 6.71 Å². The molecule has 1 aromatic heterocycles. The van der Waals surface area contributed by atoms with E-state index in [1.807, 2.05) is 0 Å². The molecular formula is C59H61BN2O. The molecule has 0 bridgehead atoms. The molecule has 3 heterocycles. The van der Waals surface area contributed by atoms with Gasteiger partial charge in [0.05, 0.1) is 0 Å². The summed E-state index contributed by atoms with van der Waals surface area (Å²) < 4.78 is 6.84. The number of hydrogen-bond acceptors (Lipinski definition) is 3. The summed E-state index contributed by atoms with van der Waals surface area (Å²) in [6.45, 7) is 29.9. The van der Waals surface area contributed by atoms with Crippen molar-refractivity contribution in [2.24, 2.45) is 0 Å². The minimum absolute atomic E-state index is 0.00697. The fraction of sp³-hybridized carbons (Fsp3) is 0.288. The number of benzene rings is 7. The van der Waals surface area contributed by atoms with E-state index < -0.39 is 0 Å². The second-order valence-electron chi connectivity index (χ2n) is 22.4. The van der Waals surface area contributed by atoms with Crippen molar-refractivity contribution in [3.05, 3.63) is 161 Å². The van der Waals surface area contributed by atoms with Crippen LogP contribution in [0.1, 0.15) is 111 Å². The topological polar surface area (TPSA) is 19.6 Å². The van der Waals surface area contributed by atoms with Crippen LogP contribution in [0.2, 0.25) is 0 Å². The van der Waals surface area contributed by atoms with Crippen molar-refractivity contribution >= 4 is 79.2 Å². The summed E-state index contributed by atoms with van der Waals surface area (Å²) in [4.78, 5) is 5.08. The van der Waals surface area contributed by atoms with Gasteiger partial charge in [-0.2, -0.15) is 0 Å². The largest absolute Gasteiger partial charge is 0.455 e. The molecule has 0 atom stereocenters. The summed E-state index contributed by atoms with van der Waals surface area (Å²) in [5.74, 6) is 0. The van der Waals surface area contributed by atoms with Gasteiger partial charge in [0.25, 0.3) is 6.71 Å². The van der Waals surface area contributed by atoms with Crippen molar-refractivity contribution in [2.75, 3.05) is 9.80 Å². The van der Waals surface area contributed by atoms with Crippen molar-refractivity contribution in [3.63, 3.8) is 0 Å². The number of aryl methyl sites for hydroxylation is 1. The summed E-state index contributed by atoms with van der Waals surface area (Å²) in [7, 11) is 0. The minimum Gasteiger partial charge on any atom is -0.455 e. The van der Waals surface area contributed by atoms with Crippen LogP contribution < -0.4 is 26.2 Å². The highest BCUT2D eigenvalue weighted by Gasteiger charge is 2.44. The molecule has 0 fully saturated rings. The molecule has 2 aliphatic heterocycles. The summed E-state index contributed by atoms with van der Waals surface area (Å²) in [5, 5.41) is 2.33. The lowest BCUT2D eigenvalue weighted by molar-refractivity contribution is 0.573.